The Labute approximate surface area is 99.9 Å². The lowest BCUT2D eigenvalue weighted by atomic mass is 10.1. The van der Waals surface area contributed by atoms with E-state index in [1.807, 2.05) is 18.3 Å². The molecule has 1 atom stereocenters. The zero-order valence-corrected chi connectivity index (χ0v) is 11.0. The number of allylic oxidation sites excluding steroid dienone is 1. The van der Waals surface area contributed by atoms with Crippen molar-refractivity contribution in [1.29, 1.82) is 0 Å². The molecule has 82 valence electrons. The Balaban J connectivity index is 2.99. The summed E-state index contributed by atoms with van der Waals surface area (Å²) in [7, 11) is 0. The molecule has 0 spiro atoms. The SMILES string of the molecule is CCNC(C=C(C)C)c1ncccc1Br. The zero-order chi connectivity index (χ0) is 11.3. The van der Waals surface area contributed by atoms with Crippen LogP contribution in [0.3, 0.4) is 0 Å². The van der Waals surface area contributed by atoms with E-state index in [4.69, 9.17) is 0 Å². The predicted molar refractivity (Wildman–Crippen MR) is 67.8 cm³/mol. The maximum atomic E-state index is 4.40. The van der Waals surface area contributed by atoms with Gasteiger partial charge in [-0.2, -0.15) is 0 Å². The van der Waals surface area contributed by atoms with Crippen molar-refractivity contribution in [2.45, 2.75) is 26.8 Å². The van der Waals surface area contributed by atoms with Crippen LogP contribution in [0.1, 0.15) is 32.5 Å². The molecule has 0 saturated carbocycles. The Morgan fingerprint density at radius 2 is 2.33 bits per heavy atom. The van der Waals surface area contributed by atoms with Crippen LogP contribution in [-0.2, 0) is 0 Å². The maximum absolute atomic E-state index is 4.40. The fourth-order valence-electron chi connectivity index (χ4n) is 1.41. The van der Waals surface area contributed by atoms with Crippen LogP contribution in [0.15, 0.2) is 34.5 Å². The van der Waals surface area contributed by atoms with Crippen LogP contribution < -0.4 is 5.32 Å². The van der Waals surface area contributed by atoms with Crippen molar-refractivity contribution in [1.82, 2.24) is 10.3 Å². The van der Waals surface area contributed by atoms with Gasteiger partial charge in [0.15, 0.2) is 0 Å². The maximum Gasteiger partial charge on any atom is 0.0754 e. The van der Waals surface area contributed by atoms with Gasteiger partial charge < -0.3 is 5.32 Å². The van der Waals surface area contributed by atoms with Crippen molar-refractivity contribution in [3.8, 4) is 0 Å². The molecule has 0 amide bonds. The van der Waals surface area contributed by atoms with E-state index in [0.717, 1.165) is 16.7 Å². The molecule has 3 heteroatoms. The first-order valence-corrected chi connectivity index (χ1v) is 5.93. The summed E-state index contributed by atoms with van der Waals surface area (Å²) < 4.78 is 1.05. The Morgan fingerprint density at radius 1 is 1.60 bits per heavy atom. The summed E-state index contributed by atoms with van der Waals surface area (Å²) in [6.07, 6.45) is 4.01. The molecule has 0 aliphatic heterocycles. The Kier molecular flexibility index (Phi) is 4.99. The second-order valence-corrected chi connectivity index (χ2v) is 4.50. The summed E-state index contributed by atoms with van der Waals surface area (Å²) >= 11 is 3.53. The number of pyridine rings is 1. The summed E-state index contributed by atoms with van der Waals surface area (Å²) in [6, 6.07) is 4.14. The molecule has 15 heavy (non-hydrogen) atoms. The van der Waals surface area contributed by atoms with Gasteiger partial charge in [0.1, 0.15) is 0 Å². The number of halogens is 1. The van der Waals surface area contributed by atoms with Gasteiger partial charge in [-0.15, -0.1) is 0 Å². The number of rotatable bonds is 4. The van der Waals surface area contributed by atoms with Gasteiger partial charge in [0.05, 0.1) is 11.7 Å². The third-order valence-corrected chi connectivity index (χ3v) is 2.68. The topological polar surface area (TPSA) is 24.9 Å². The van der Waals surface area contributed by atoms with Crippen LogP contribution >= 0.6 is 15.9 Å². The van der Waals surface area contributed by atoms with Crippen LogP contribution in [0, 0.1) is 0 Å². The molecule has 1 aromatic heterocycles. The molecule has 0 fully saturated rings. The van der Waals surface area contributed by atoms with E-state index >= 15 is 0 Å². The van der Waals surface area contributed by atoms with Crippen LogP contribution in [-0.4, -0.2) is 11.5 Å². The third-order valence-electron chi connectivity index (χ3n) is 2.01. The van der Waals surface area contributed by atoms with Crippen LogP contribution in [0.2, 0.25) is 0 Å². The molecule has 1 N–H and O–H groups in total. The molecule has 0 aliphatic rings. The molecule has 0 aliphatic carbocycles. The van der Waals surface area contributed by atoms with Crippen LogP contribution in [0.4, 0.5) is 0 Å². The minimum Gasteiger partial charge on any atom is -0.306 e. The molecule has 1 aromatic rings. The fourth-order valence-corrected chi connectivity index (χ4v) is 1.92. The average molecular weight is 269 g/mol. The summed E-state index contributed by atoms with van der Waals surface area (Å²) in [4.78, 5) is 4.40. The van der Waals surface area contributed by atoms with E-state index < -0.39 is 0 Å². The summed E-state index contributed by atoms with van der Waals surface area (Å²) in [6.45, 7) is 7.22. The molecule has 1 rings (SSSR count). The van der Waals surface area contributed by atoms with Crippen molar-refractivity contribution < 1.29 is 0 Å². The minimum atomic E-state index is 0.190. The number of aromatic nitrogens is 1. The van der Waals surface area contributed by atoms with Gasteiger partial charge in [-0.3, -0.25) is 4.98 Å². The Bertz CT molecular complexity index is 343. The number of likely N-dealkylation sites (N-methyl/N-ethyl adjacent to an activating group) is 1. The standard InChI is InChI=1S/C12H17BrN2/c1-4-14-11(8-9(2)3)12-10(13)6-5-7-15-12/h5-8,11,14H,4H2,1-3H3. The molecule has 0 saturated heterocycles. The molecular weight excluding hydrogens is 252 g/mol. The van der Waals surface area contributed by atoms with Gasteiger partial charge in [0, 0.05) is 10.7 Å². The van der Waals surface area contributed by atoms with E-state index in [0.29, 0.717) is 0 Å². The monoisotopic (exact) mass is 268 g/mol. The lowest BCUT2D eigenvalue weighted by Crippen LogP contribution is -2.20. The predicted octanol–water partition coefficient (Wildman–Crippen LogP) is 3.46. The van der Waals surface area contributed by atoms with Gasteiger partial charge in [-0.25, -0.2) is 0 Å². The lowest BCUT2D eigenvalue weighted by Gasteiger charge is -2.15. The molecule has 1 unspecified atom stereocenters. The highest BCUT2D eigenvalue weighted by Gasteiger charge is 2.11. The summed E-state index contributed by atoms with van der Waals surface area (Å²) in [5, 5.41) is 3.40. The number of hydrogen-bond acceptors (Lipinski definition) is 2. The van der Waals surface area contributed by atoms with Crippen molar-refractivity contribution in [3.05, 3.63) is 40.1 Å². The van der Waals surface area contributed by atoms with Crippen LogP contribution in [0.5, 0.6) is 0 Å². The highest BCUT2D eigenvalue weighted by molar-refractivity contribution is 9.10. The summed E-state index contributed by atoms with van der Waals surface area (Å²) in [5.74, 6) is 0. The lowest BCUT2D eigenvalue weighted by molar-refractivity contribution is 0.627. The second-order valence-electron chi connectivity index (χ2n) is 3.65. The minimum absolute atomic E-state index is 0.190. The quantitative estimate of drug-likeness (QED) is 0.847. The van der Waals surface area contributed by atoms with Crippen LogP contribution in [0.25, 0.3) is 0 Å². The van der Waals surface area contributed by atoms with E-state index in [-0.39, 0.29) is 6.04 Å². The number of nitrogens with zero attached hydrogens (tertiary/aromatic N) is 1. The smallest absolute Gasteiger partial charge is 0.0754 e. The van der Waals surface area contributed by atoms with E-state index in [1.54, 1.807) is 0 Å². The normalized spacial score (nSPS) is 12.3. The van der Waals surface area contributed by atoms with Crippen molar-refractivity contribution in [2.75, 3.05) is 6.54 Å². The van der Waals surface area contributed by atoms with Crippen molar-refractivity contribution >= 4 is 15.9 Å². The van der Waals surface area contributed by atoms with Gasteiger partial charge in [-0.05, 0) is 48.5 Å². The van der Waals surface area contributed by atoms with Gasteiger partial charge in [-0.1, -0.05) is 18.6 Å². The number of nitrogens with one attached hydrogen (secondary N) is 1. The summed E-state index contributed by atoms with van der Waals surface area (Å²) in [5.41, 5.74) is 2.33. The Hall–Kier alpha value is -0.670. The first-order valence-electron chi connectivity index (χ1n) is 5.14. The van der Waals surface area contributed by atoms with E-state index in [2.05, 4.69) is 53.1 Å². The molecule has 0 radical (unpaired) electrons. The largest absolute Gasteiger partial charge is 0.306 e. The van der Waals surface area contributed by atoms with E-state index in [1.165, 1.54) is 5.57 Å². The zero-order valence-electron chi connectivity index (χ0n) is 9.42. The average Bonchev–Trinajstić information content (AvgIpc) is 2.17. The molecule has 0 aromatic carbocycles. The molecule has 1 heterocycles. The molecule has 2 nitrogen and oxygen atoms in total. The molecular formula is C12H17BrN2. The highest BCUT2D eigenvalue weighted by atomic mass is 79.9. The third kappa shape index (κ3) is 3.76. The highest BCUT2D eigenvalue weighted by Crippen LogP contribution is 2.22. The van der Waals surface area contributed by atoms with Crippen molar-refractivity contribution in [2.24, 2.45) is 0 Å². The van der Waals surface area contributed by atoms with Gasteiger partial charge in [0.2, 0.25) is 0 Å². The number of hydrogen-bond donors (Lipinski definition) is 1. The first kappa shape index (κ1) is 12.4. The second kappa shape index (κ2) is 6.03. The molecule has 0 bridgehead atoms. The van der Waals surface area contributed by atoms with Gasteiger partial charge >= 0.3 is 0 Å². The van der Waals surface area contributed by atoms with E-state index in [9.17, 15) is 0 Å². The van der Waals surface area contributed by atoms with Gasteiger partial charge in [0.25, 0.3) is 0 Å². The fraction of sp³-hybridized carbons (Fsp3) is 0.417. The van der Waals surface area contributed by atoms with Crippen molar-refractivity contribution in [3.63, 3.8) is 0 Å². The first-order chi connectivity index (χ1) is 7.15. The Morgan fingerprint density at radius 3 is 2.87 bits per heavy atom.